The van der Waals surface area contributed by atoms with Crippen molar-refractivity contribution in [3.63, 3.8) is 0 Å². The molecule has 0 unspecified atom stereocenters. The van der Waals surface area contributed by atoms with Crippen LogP contribution in [0.1, 0.15) is 42.4 Å². The van der Waals surface area contributed by atoms with Crippen molar-refractivity contribution in [1.82, 2.24) is 5.32 Å². The number of fused-ring (bicyclic) bond motifs is 1. The summed E-state index contributed by atoms with van der Waals surface area (Å²) in [4.78, 5) is 12.5. The predicted molar refractivity (Wildman–Crippen MR) is 91.3 cm³/mol. The van der Waals surface area contributed by atoms with E-state index in [1.807, 2.05) is 0 Å². The molecule has 1 fully saturated rings. The van der Waals surface area contributed by atoms with Crippen LogP contribution in [0.2, 0.25) is 0 Å². The lowest BCUT2D eigenvalue weighted by Crippen LogP contribution is -2.58. The van der Waals surface area contributed by atoms with E-state index in [9.17, 15) is 10.1 Å². The first-order valence-corrected chi connectivity index (χ1v) is 8.79. The average molecular weight is 327 g/mol. The number of hydrogen-bond donors (Lipinski definition) is 2. The van der Waals surface area contributed by atoms with Gasteiger partial charge in [-0.05, 0) is 55.2 Å². The van der Waals surface area contributed by atoms with E-state index in [4.69, 9.17) is 10.5 Å². The van der Waals surface area contributed by atoms with E-state index in [0.717, 1.165) is 18.4 Å². The van der Waals surface area contributed by atoms with Gasteiger partial charge in [-0.3, -0.25) is 4.79 Å². The summed E-state index contributed by atoms with van der Waals surface area (Å²) >= 11 is 0. The monoisotopic (exact) mass is 327 g/mol. The first kappa shape index (κ1) is 16.9. The summed E-state index contributed by atoms with van der Waals surface area (Å²) < 4.78 is 5.27. The number of hydrogen-bond acceptors (Lipinski definition) is 4. The fourth-order valence-corrected chi connectivity index (χ4v) is 3.54. The lowest BCUT2D eigenvalue weighted by atomic mass is 9.88. The van der Waals surface area contributed by atoms with E-state index in [2.05, 4.69) is 29.6 Å². The molecule has 24 heavy (non-hydrogen) atoms. The molecular formula is C19H25N3O2. The second-order valence-electron chi connectivity index (χ2n) is 6.94. The van der Waals surface area contributed by atoms with Gasteiger partial charge >= 0.3 is 0 Å². The van der Waals surface area contributed by atoms with E-state index < -0.39 is 11.6 Å². The van der Waals surface area contributed by atoms with Crippen molar-refractivity contribution in [1.29, 1.82) is 5.26 Å². The summed E-state index contributed by atoms with van der Waals surface area (Å²) in [6, 6.07) is 8.08. The SMILES string of the molecule is N#C[C@@H](Cc1ccc2c(c1)CCCC2)NC(=O)C1(N)CCOCC1. The molecule has 1 heterocycles. The predicted octanol–water partition coefficient (Wildman–Crippen LogP) is 1.62. The summed E-state index contributed by atoms with van der Waals surface area (Å²) in [5.41, 5.74) is 9.19. The van der Waals surface area contributed by atoms with Gasteiger partial charge in [0.05, 0.1) is 11.6 Å². The highest BCUT2D eigenvalue weighted by atomic mass is 16.5. The number of ether oxygens (including phenoxy) is 1. The number of amides is 1. The lowest BCUT2D eigenvalue weighted by Gasteiger charge is -2.32. The Kier molecular flexibility index (Phi) is 5.17. The molecule has 1 aromatic rings. The molecule has 128 valence electrons. The number of benzene rings is 1. The van der Waals surface area contributed by atoms with Crippen molar-refractivity contribution in [2.45, 2.75) is 56.5 Å². The first-order chi connectivity index (χ1) is 11.6. The van der Waals surface area contributed by atoms with Gasteiger partial charge in [-0.25, -0.2) is 0 Å². The topological polar surface area (TPSA) is 88.1 Å². The summed E-state index contributed by atoms with van der Waals surface area (Å²) in [5, 5.41) is 12.3. The second kappa shape index (κ2) is 7.33. The van der Waals surface area contributed by atoms with Gasteiger partial charge in [-0.1, -0.05) is 18.2 Å². The fourth-order valence-electron chi connectivity index (χ4n) is 3.54. The third kappa shape index (κ3) is 3.77. The molecule has 3 rings (SSSR count). The Morgan fingerprint density at radius 1 is 1.29 bits per heavy atom. The zero-order valence-corrected chi connectivity index (χ0v) is 14.0. The Labute approximate surface area is 143 Å². The highest BCUT2D eigenvalue weighted by molar-refractivity contribution is 5.86. The summed E-state index contributed by atoms with van der Waals surface area (Å²) in [5.74, 6) is -0.240. The number of aryl methyl sites for hydroxylation is 2. The van der Waals surface area contributed by atoms with E-state index in [1.165, 1.54) is 24.0 Å². The minimum Gasteiger partial charge on any atom is -0.381 e. The quantitative estimate of drug-likeness (QED) is 0.879. The van der Waals surface area contributed by atoms with E-state index in [0.29, 0.717) is 32.5 Å². The molecule has 0 radical (unpaired) electrons. The molecule has 1 amide bonds. The summed E-state index contributed by atoms with van der Waals surface area (Å²) in [6.45, 7) is 0.984. The Morgan fingerprint density at radius 3 is 2.71 bits per heavy atom. The van der Waals surface area contributed by atoms with E-state index in [-0.39, 0.29) is 5.91 Å². The molecule has 1 aromatic carbocycles. The average Bonchev–Trinajstić information content (AvgIpc) is 2.61. The molecule has 1 aliphatic carbocycles. The maximum atomic E-state index is 12.5. The molecular weight excluding hydrogens is 302 g/mol. The standard InChI is InChI=1S/C19H25N3O2/c20-13-17(22-18(23)19(21)7-9-24-10-8-19)12-14-5-6-15-3-1-2-4-16(15)11-14/h5-6,11,17H,1-4,7-10,12,21H2,(H,22,23)/t17-/m1/s1. The second-order valence-corrected chi connectivity index (χ2v) is 6.94. The van der Waals surface area contributed by atoms with Crippen LogP contribution in [0, 0.1) is 11.3 Å². The zero-order valence-electron chi connectivity index (χ0n) is 14.0. The summed E-state index contributed by atoms with van der Waals surface area (Å²) in [7, 11) is 0. The molecule has 5 heteroatoms. The van der Waals surface area contributed by atoms with E-state index >= 15 is 0 Å². The molecule has 1 atom stereocenters. The minimum absolute atomic E-state index is 0.240. The van der Waals surface area contributed by atoms with Crippen LogP contribution in [0.4, 0.5) is 0 Å². The van der Waals surface area contributed by atoms with Crippen LogP contribution >= 0.6 is 0 Å². The molecule has 1 saturated heterocycles. The molecule has 0 saturated carbocycles. The van der Waals surface area contributed by atoms with Crippen molar-refractivity contribution in [3.8, 4) is 6.07 Å². The zero-order chi connectivity index (χ0) is 17.0. The highest BCUT2D eigenvalue weighted by Gasteiger charge is 2.36. The van der Waals surface area contributed by atoms with Crippen molar-refractivity contribution < 1.29 is 9.53 Å². The van der Waals surface area contributed by atoms with Gasteiger partial charge < -0.3 is 15.8 Å². The molecule has 1 aliphatic heterocycles. The van der Waals surface area contributed by atoms with Gasteiger partial charge in [0, 0.05) is 19.6 Å². The normalized spacial score (nSPS) is 20.5. The van der Waals surface area contributed by atoms with Crippen LogP contribution in [0.3, 0.4) is 0 Å². The number of nitrogens with zero attached hydrogens (tertiary/aromatic N) is 1. The first-order valence-electron chi connectivity index (χ1n) is 8.79. The van der Waals surface area contributed by atoms with Gasteiger partial charge in [0.15, 0.2) is 0 Å². The number of nitriles is 1. The number of carbonyl (C=O) groups excluding carboxylic acids is 1. The van der Waals surface area contributed by atoms with Gasteiger partial charge in [-0.2, -0.15) is 5.26 Å². The van der Waals surface area contributed by atoms with Crippen LogP contribution in [0.25, 0.3) is 0 Å². The van der Waals surface area contributed by atoms with Crippen molar-refractivity contribution in [2.75, 3.05) is 13.2 Å². The largest absolute Gasteiger partial charge is 0.381 e. The molecule has 5 nitrogen and oxygen atoms in total. The molecule has 0 aromatic heterocycles. The number of rotatable bonds is 4. The highest BCUT2D eigenvalue weighted by Crippen LogP contribution is 2.23. The number of carbonyl (C=O) groups is 1. The van der Waals surface area contributed by atoms with Gasteiger partial charge in [-0.15, -0.1) is 0 Å². The lowest BCUT2D eigenvalue weighted by molar-refractivity contribution is -0.130. The van der Waals surface area contributed by atoms with Crippen LogP contribution in [-0.2, 0) is 28.8 Å². The van der Waals surface area contributed by atoms with E-state index in [1.54, 1.807) is 0 Å². The third-order valence-electron chi connectivity index (χ3n) is 5.15. The van der Waals surface area contributed by atoms with Crippen LogP contribution in [0.15, 0.2) is 18.2 Å². The van der Waals surface area contributed by atoms with Gasteiger partial charge in [0.25, 0.3) is 0 Å². The molecule has 3 N–H and O–H groups in total. The van der Waals surface area contributed by atoms with Crippen molar-refractivity contribution >= 4 is 5.91 Å². The Balaban J connectivity index is 1.64. The van der Waals surface area contributed by atoms with Crippen molar-refractivity contribution in [2.24, 2.45) is 5.73 Å². The fraction of sp³-hybridized carbons (Fsp3) is 0.579. The molecule has 2 aliphatic rings. The maximum Gasteiger partial charge on any atom is 0.241 e. The third-order valence-corrected chi connectivity index (χ3v) is 5.15. The van der Waals surface area contributed by atoms with Crippen molar-refractivity contribution in [3.05, 3.63) is 34.9 Å². The number of nitrogens with two attached hydrogens (primary N) is 1. The smallest absolute Gasteiger partial charge is 0.241 e. The molecule has 0 bridgehead atoms. The number of nitrogens with one attached hydrogen (secondary N) is 1. The maximum absolute atomic E-state index is 12.5. The van der Waals surface area contributed by atoms with Gasteiger partial charge in [0.2, 0.25) is 5.91 Å². The Hall–Kier alpha value is -1.90. The van der Waals surface area contributed by atoms with Gasteiger partial charge in [0.1, 0.15) is 6.04 Å². The van der Waals surface area contributed by atoms with Crippen LogP contribution in [-0.4, -0.2) is 30.7 Å². The Bertz CT molecular complexity index is 645. The summed E-state index contributed by atoms with van der Waals surface area (Å²) in [6.07, 6.45) is 6.25. The van der Waals surface area contributed by atoms with Crippen LogP contribution < -0.4 is 11.1 Å². The van der Waals surface area contributed by atoms with Crippen LogP contribution in [0.5, 0.6) is 0 Å². The molecule has 0 spiro atoms. The Morgan fingerprint density at radius 2 is 2.00 bits per heavy atom. The minimum atomic E-state index is -0.913.